The zero-order valence-electron chi connectivity index (χ0n) is 13.1. The summed E-state index contributed by atoms with van der Waals surface area (Å²) < 4.78 is 11.6. The Bertz CT molecular complexity index is 670. The summed E-state index contributed by atoms with van der Waals surface area (Å²) in [4.78, 5) is 0. The average molecular weight is 298 g/mol. The molecular formula is C18H22N2O2. The van der Waals surface area contributed by atoms with Gasteiger partial charge < -0.3 is 20.5 Å². The summed E-state index contributed by atoms with van der Waals surface area (Å²) in [5.74, 6) is 1.78. The fourth-order valence-corrected chi connectivity index (χ4v) is 2.77. The highest BCUT2D eigenvalue weighted by atomic mass is 16.5. The highest BCUT2D eigenvalue weighted by Crippen LogP contribution is 2.40. The quantitative estimate of drug-likeness (QED) is 0.910. The Morgan fingerprint density at radius 2 is 2.14 bits per heavy atom. The van der Waals surface area contributed by atoms with Crippen molar-refractivity contribution in [2.45, 2.75) is 20.0 Å². The van der Waals surface area contributed by atoms with Gasteiger partial charge >= 0.3 is 0 Å². The van der Waals surface area contributed by atoms with Crippen LogP contribution in [0.2, 0.25) is 0 Å². The van der Waals surface area contributed by atoms with E-state index in [1.807, 2.05) is 25.1 Å². The maximum Gasteiger partial charge on any atom is 0.150 e. The fourth-order valence-electron chi connectivity index (χ4n) is 2.77. The Morgan fingerprint density at radius 1 is 1.27 bits per heavy atom. The van der Waals surface area contributed by atoms with Crippen molar-refractivity contribution in [2.75, 3.05) is 25.0 Å². The summed E-state index contributed by atoms with van der Waals surface area (Å²) in [6.07, 6.45) is 0.0108. The van der Waals surface area contributed by atoms with Crippen LogP contribution >= 0.6 is 0 Å². The van der Waals surface area contributed by atoms with E-state index in [1.165, 1.54) is 0 Å². The van der Waals surface area contributed by atoms with Crippen molar-refractivity contribution >= 4 is 5.69 Å². The molecule has 3 N–H and O–H groups in total. The van der Waals surface area contributed by atoms with E-state index in [9.17, 15) is 0 Å². The highest BCUT2D eigenvalue weighted by molar-refractivity contribution is 5.80. The first-order valence-electron chi connectivity index (χ1n) is 7.70. The molecule has 0 radical (unpaired) electrons. The van der Waals surface area contributed by atoms with Crippen LogP contribution in [0.3, 0.4) is 0 Å². The van der Waals surface area contributed by atoms with Gasteiger partial charge in [-0.3, -0.25) is 0 Å². The molecule has 0 fully saturated rings. The summed E-state index contributed by atoms with van der Waals surface area (Å²) in [5, 5.41) is 3.40. The lowest BCUT2D eigenvalue weighted by Crippen LogP contribution is -2.37. The van der Waals surface area contributed by atoms with E-state index in [4.69, 9.17) is 15.2 Å². The average Bonchev–Trinajstić information content (AvgIpc) is 2.54. The second kappa shape index (κ2) is 6.28. The van der Waals surface area contributed by atoms with E-state index in [0.29, 0.717) is 13.2 Å². The molecular weight excluding hydrogens is 276 g/mol. The molecule has 22 heavy (non-hydrogen) atoms. The third-order valence-electron chi connectivity index (χ3n) is 3.88. The van der Waals surface area contributed by atoms with Gasteiger partial charge in [0.25, 0.3) is 0 Å². The largest absolute Gasteiger partial charge is 0.494 e. The minimum atomic E-state index is 0.0108. The van der Waals surface area contributed by atoms with Crippen molar-refractivity contribution in [3.05, 3.63) is 42.0 Å². The molecule has 0 amide bonds. The minimum absolute atomic E-state index is 0.0108. The third kappa shape index (κ3) is 2.74. The van der Waals surface area contributed by atoms with Crippen LogP contribution in [0.15, 0.2) is 36.4 Å². The number of hydrogen-bond donors (Lipinski definition) is 2. The van der Waals surface area contributed by atoms with E-state index in [1.54, 1.807) is 0 Å². The van der Waals surface area contributed by atoms with Gasteiger partial charge in [0.05, 0.1) is 18.8 Å². The number of para-hydroxylation sites is 1. The molecule has 1 unspecified atom stereocenters. The van der Waals surface area contributed by atoms with Crippen LogP contribution in [0.4, 0.5) is 5.69 Å². The second-order valence-electron chi connectivity index (χ2n) is 5.45. The first-order valence-corrected chi connectivity index (χ1v) is 7.70. The second-order valence-corrected chi connectivity index (χ2v) is 5.45. The number of hydrogen-bond acceptors (Lipinski definition) is 4. The van der Waals surface area contributed by atoms with E-state index < -0.39 is 0 Å². The standard InChI is InChI=1S/C18H22N2O2/c1-3-21-13-7-8-15(12(2)9-13)16-5-4-6-17-18(16)22-14(10-19)11-20-17/h4-9,14,20H,3,10-11,19H2,1-2H3. The van der Waals surface area contributed by atoms with Gasteiger partial charge in [-0.15, -0.1) is 0 Å². The van der Waals surface area contributed by atoms with E-state index in [2.05, 4.69) is 30.4 Å². The Morgan fingerprint density at radius 3 is 2.86 bits per heavy atom. The molecule has 1 heterocycles. The molecule has 0 aromatic heterocycles. The number of ether oxygens (including phenoxy) is 2. The van der Waals surface area contributed by atoms with Gasteiger partial charge in [0, 0.05) is 12.1 Å². The fraction of sp³-hybridized carbons (Fsp3) is 0.333. The van der Waals surface area contributed by atoms with Crippen molar-refractivity contribution in [3.8, 4) is 22.6 Å². The molecule has 4 heteroatoms. The maximum atomic E-state index is 6.08. The van der Waals surface area contributed by atoms with Gasteiger partial charge in [0.1, 0.15) is 11.9 Å². The Balaban J connectivity index is 2.02. The van der Waals surface area contributed by atoms with Crippen LogP contribution in [0.25, 0.3) is 11.1 Å². The van der Waals surface area contributed by atoms with Crippen molar-refractivity contribution in [1.29, 1.82) is 0 Å². The predicted molar refractivity (Wildman–Crippen MR) is 89.7 cm³/mol. The number of anilines is 1. The smallest absolute Gasteiger partial charge is 0.150 e. The molecule has 1 aliphatic rings. The minimum Gasteiger partial charge on any atom is -0.494 e. The van der Waals surface area contributed by atoms with Gasteiger partial charge in [-0.05, 0) is 43.2 Å². The topological polar surface area (TPSA) is 56.5 Å². The molecule has 0 saturated heterocycles. The summed E-state index contributed by atoms with van der Waals surface area (Å²) in [6, 6.07) is 12.3. The van der Waals surface area contributed by atoms with Crippen molar-refractivity contribution in [3.63, 3.8) is 0 Å². The number of rotatable bonds is 4. The van der Waals surface area contributed by atoms with Crippen molar-refractivity contribution < 1.29 is 9.47 Å². The summed E-state index contributed by atoms with van der Waals surface area (Å²) >= 11 is 0. The monoisotopic (exact) mass is 298 g/mol. The summed E-state index contributed by atoms with van der Waals surface area (Å²) in [5.41, 5.74) is 10.2. The lowest BCUT2D eigenvalue weighted by Gasteiger charge is -2.28. The van der Waals surface area contributed by atoms with Crippen LogP contribution in [0, 0.1) is 6.92 Å². The third-order valence-corrected chi connectivity index (χ3v) is 3.88. The molecule has 0 bridgehead atoms. The normalized spacial score (nSPS) is 16.4. The molecule has 0 saturated carbocycles. The number of benzene rings is 2. The molecule has 0 spiro atoms. The molecule has 3 rings (SSSR count). The van der Waals surface area contributed by atoms with Gasteiger partial charge in [0.2, 0.25) is 0 Å². The molecule has 116 valence electrons. The Labute approximate surface area is 131 Å². The van der Waals surface area contributed by atoms with Gasteiger partial charge in [-0.2, -0.15) is 0 Å². The van der Waals surface area contributed by atoms with Crippen LogP contribution in [-0.4, -0.2) is 25.8 Å². The first kappa shape index (κ1) is 14.7. The number of aryl methyl sites for hydroxylation is 1. The van der Waals surface area contributed by atoms with E-state index in [0.717, 1.165) is 40.4 Å². The highest BCUT2D eigenvalue weighted by Gasteiger charge is 2.22. The molecule has 2 aromatic rings. The van der Waals surface area contributed by atoms with Crippen LogP contribution in [-0.2, 0) is 0 Å². The molecule has 4 nitrogen and oxygen atoms in total. The predicted octanol–water partition coefficient (Wildman–Crippen LogP) is 3.19. The van der Waals surface area contributed by atoms with Crippen LogP contribution in [0.5, 0.6) is 11.5 Å². The van der Waals surface area contributed by atoms with Gasteiger partial charge in [-0.25, -0.2) is 0 Å². The van der Waals surface area contributed by atoms with Crippen LogP contribution in [0.1, 0.15) is 12.5 Å². The van der Waals surface area contributed by atoms with Gasteiger partial charge in [-0.1, -0.05) is 18.2 Å². The summed E-state index contributed by atoms with van der Waals surface area (Å²) in [6.45, 7) is 6.00. The zero-order valence-corrected chi connectivity index (χ0v) is 13.1. The first-order chi connectivity index (χ1) is 10.7. The van der Waals surface area contributed by atoms with E-state index >= 15 is 0 Å². The summed E-state index contributed by atoms with van der Waals surface area (Å²) in [7, 11) is 0. The number of nitrogens with two attached hydrogens (primary N) is 1. The van der Waals surface area contributed by atoms with Gasteiger partial charge in [0.15, 0.2) is 5.75 Å². The molecule has 1 atom stereocenters. The molecule has 0 aliphatic carbocycles. The van der Waals surface area contributed by atoms with Crippen molar-refractivity contribution in [2.24, 2.45) is 5.73 Å². The zero-order chi connectivity index (χ0) is 15.5. The maximum absolute atomic E-state index is 6.08. The lowest BCUT2D eigenvalue weighted by atomic mass is 9.98. The lowest BCUT2D eigenvalue weighted by molar-refractivity contribution is 0.215. The van der Waals surface area contributed by atoms with Crippen LogP contribution < -0.4 is 20.5 Å². The molecule has 1 aliphatic heterocycles. The number of nitrogens with one attached hydrogen (secondary N) is 1. The Kier molecular flexibility index (Phi) is 4.20. The van der Waals surface area contributed by atoms with E-state index in [-0.39, 0.29) is 6.10 Å². The van der Waals surface area contributed by atoms with Crippen molar-refractivity contribution in [1.82, 2.24) is 0 Å². The molecule has 2 aromatic carbocycles. The number of fused-ring (bicyclic) bond motifs is 1. The Hall–Kier alpha value is -2.20. The SMILES string of the molecule is CCOc1ccc(-c2cccc3c2OC(CN)CN3)c(C)c1.